The van der Waals surface area contributed by atoms with E-state index in [0.717, 1.165) is 12.0 Å². The molecule has 0 aliphatic carbocycles. The van der Waals surface area contributed by atoms with Crippen molar-refractivity contribution in [2.45, 2.75) is 65.2 Å². The first kappa shape index (κ1) is 18.5. The van der Waals surface area contributed by atoms with Crippen LogP contribution in [0, 0.1) is 0 Å². The summed E-state index contributed by atoms with van der Waals surface area (Å²) in [4.78, 5) is 11.8. The van der Waals surface area contributed by atoms with Crippen molar-refractivity contribution >= 4 is 5.78 Å². The van der Waals surface area contributed by atoms with Crippen molar-refractivity contribution in [1.29, 1.82) is 0 Å². The standard InChI is InChI=1S/C19H30O3/c1-7-8-9-10-11-19(3,4)15-12-16(21-5)18(14(2)20)17(13-15)22-6/h12-13H,7-11H2,1-6H3. The van der Waals surface area contributed by atoms with Gasteiger partial charge in [0.1, 0.15) is 17.1 Å². The van der Waals surface area contributed by atoms with Crippen molar-refractivity contribution in [2.24, 2.45) is 0 Å². The van der Waals surface area contributed by atoms with Crippen LogP contribution in [0.25, 0.3) is 0 Å². The molecule has 0 radical (unpaired) electrons. The molecule has 0 aliphatic rings. The number of benzene rings is 1. The number of ether oxygens (including phenoxy) is 2. The second-order valence-electron chi connectivity index (χ2n) is 6.51. The molecule has 0 spiro atoms. The zero-order valence-electron chi connectivity index (χ0n) is 14.9. The van der Waals surface area contributed by atoms with Gasteiger partial charge in [0, 0.05) is 0 Å². The summed E-state index contributed by atoms with van der Waals surface area (Å²) >= 11 is 0. The van der Waals surface area contributed by atoms with Crippen LogP contribution in [0.1, 0.15) is 75.7 Å². The molecule has 3 heteroatoms. The lowest BCUT2D eigenvalue weighted by Gasteiger charge is -2.27. The number of ketones is 1. The van der Waals surface area contributed by atoms with Gasteiger partial charge < -0.3 is 9.47 Å². The van der Waals surface area contributed by atoms with Crippen LogP contribution < -0.4 is 9.47 Å². The van der Waals surface area contributed by atoms with Crippen molar-refractivity contribution in [3.05, 3.63) is 23.3 Å². The van der Waals surface area contributed by atoms with Crippen LogP contribution in [0.3, 0.4) is 0 Å². The Morgan fingerprint density at radius 2 is 1.59 bits per heavy atom. The van der Waals surface area contributed by atoms with E-state index >= 15 is 0 Å². The van der Waals surface area contributed by atoms with E-state index in [-0.39, 0.29) is 11.2 Å². The summed E-state index contributed by atoms with van der Waals surface area (Å²) in [5.41, 5.74) is 1.71. The number of hydrogen-bond donors (Lipinski definition) is 0. The molecule has 1 aromatic carbocycles. The summed E-state index contributed by atoms with van der Waals surface area (Å²) < 4.78 is 10.9. The second kappa shape index (κ2) is 8.21. The van der Waals surface area contributed by atoms with Crippen molar-refractivity contribution in [1.82, 2.24) is 0 Å². The largest absolute Gasteiger partial charge is 0.496 e. The van der Waals surface area contributed by atoms with E-state index in [9.17, 15) is 4.79 Å². The average molecular weight is 306 g/mol. The Morgan fingerprint density at radius 1 is 1.05 bits per heavy atom. The number of carbonyl (C=O) groups excluding carboxylic acids is 1. The van der Waals surface area contributed by atoms with Gasteiger partial charge in [0.05, 0.1) is 14.2 Å². The van der Waals surface area contributed by atoms with Gasteiger partial charge in [-0.25, -0.2) is 0 Å². The van der Waals surface area contributed by atoms with Gasteiger partial charge >= 0.3 is 0 Å². The molecule has 0 saturated heterocycles. The lowest BCUT2D eigenvalue weighted by molar-refractivity contribution is 0.101. The van der Waals surface area contributed by atoms with Gasteiger partial charge in [-0.1, -0.05) is 46.5 Å². The highest BCUT2D eigenvalue weighted by Gasteiger charge is 2.25. The Bertz CT molecular complexity index is 478. The molecule has 0 bridgehead atoms. The third-order valence-corrected chi connectivity index (χ3v) is 4.29. The summed E-state index contributed by atoms with van der Waals surface area (Å²) in [6.45, 7) is 8.23. The second-order valence-corrected chi connectivity index (χ2v) is 6.51. The smallest absolute Gasteiger partial charge is 0.167 e. The Hall–Kier alpha value is -1.51. The van der Waals surface area contributed by atoms with Gasteiger partial charge in [-0.2, -0.15) is 0 Å². The number of rotatable bonds is 9. The topological polar surface area (TPSA) is 35.5 Å². The molecule has 1 rings (SSSR count). The monoisotopic (exact) mass is 306 g/mol. The van der Waals surface area contributed by atoms with E-state index in [1.165, 1.54) is 32.6 Å². The summed E-state index contributed by atoms with van der Waals surface area (Å²) in [7, 11) is 3.19. The molecular weight excluding hydrogens is 276 g/mol. The Balaban J connectivity index is 3.11. The minimum atomic E-state index is -0.0407. The van der Waals surface area contributed by atoms with Crippen LogP contribution in [-0.2, 0) is 5.41 Å². The third-order valence-electron chi connectivity index (χ3n) is 4.29. The zero-order valence-corrected chi connectivity index (χ0v) is 14.9. The number of methoxy groups -OCH3 is 2. The van der Waals surface area contributed by atoms with Crippen LogP contribution in [0.15, 0.2) is 12.1 Å². The Labute approximate surface area is 135 Å². The van der Waals surface area contributed by atoms with Gasteiger partial charge in [-0.15, -0.1) is 0 Å². The fraction of sp³-hybridized carbons (Fsp3) is 0.632. The lowest BCUT2D eigenvalue weighted by atomic mass is 9.79. The van der Waals surface area contributed by atoms with Gasteiger partial charge in [-0.05, 0) is 36.5 Å². The van der Waals surface area contributed by atoms with Crippen LogP contribution >= 0.6 is 0 Å². The summed E-state index contributed by atoms with van der Waals surface area (Å²) in [6.07, 6.45) is 6.11. The molecule has 0 amide bonds. The van der Waals surface area contributed by atoms with Gasteiger partial charge in [0.2, 0.25) is 0 Å². The molecule has 0 heterocycles. The van der Waals surface area contributed by atoms with Gasteiger partial charge in [-0.3, -0.25) is 4.79 Å². The molecule has 0 saturated carbocycles. The molecule has 22 heavy (non-hydrogen) atoms. The van der Waals surface area contributed by atoms with E-state index < -0.39 is 0 Å². The van der Waals surface area contributed by atoms with E-state index in [2.05, 4.69) is 20.8 Å². The highest BCUT2D eigenvalue weighted by Crippen LogP contribution is 2.38. The molecular formula is C19H30O3. The molecule has 124 valence electrons. The highest BCUT2D eigenvalue weighted by molar-refractivity contribution is 5.99. The molecule has 3 nitrogen and oxygen atoms in total. The highest BCUT2D eigenvalue weighted by atomic mass is 16.5. The van der Waals surface area contributed by atoms with Crippen molar-refractivity contribution in [2.75, 3.05) is 14.2 Å². The van der Waals surface area contributed by atoms with E-state index in [1.807, 2.05) is 12.1 Å². The molecule has 0 fully saturated rings. The first-order valence-electron chi connectivity index (χ1n) is 8.14. The van der Waals surface area contributed by atoms with E-state index in [4.69, 9.17) is 9.47 Å². The van der Waals surface area contributed by atoms with Crippen molar-refractivity contribution in [3.63, 3.8) is 0 Å². The Morgan fingerprint density at radius 3 is 2.00 bits per heavy atom. The fourth-order valence-corrected chi connectivity index (χ4v) is 2.79. The summed E-state index contributed by atoms with van der Waals surface area (Å²) in [5, 5.41) is 0. The van der Waals surface area contributed by atoms with Crippen LogP contribution in [-0.4, -0.2) is 20.0 Å². The first-order chi connectivity index (χ1) is 10.4. The Kier molecular flexibility index (Phi) is 6.92. The molecule has 1 aromatic rings. The van der Waals surface area contributed by atoms with Crippen molar-refractivity contribution in [3.8, 4) is 11.5 Å². The SMILES string of the molecule is CCCCCCC(C)(C)c1cc(OC)c(C(C)=O)c(OC)c1. The predicted octanol–water partition coefficient (Wildman–Crippen LogP) is 5.15. The fourth-order valence-electron chi connectivity index (χ4n) is 2.79. The summed E-state index contributed by atoms with van der Waals surface area (Å²) in [5.74, 6) is 1.16. The molecule has 0 unspecified atom stereocenters. The summed E-state index contributed by atoms with van der Waals surface area (Å²) in [6, 6.07) is 3.97. The van der Waals surface area contributed by atoms with Gasteiger partial charge in [0.15, 0.2) is 5.78 Å². The number of Topliss-reactive ketones (excluding diaryl/α,β-unsaturated/α-hetero) is 1. The molecule has 0 atom stereocenters. The maximum Gasteiger partial charge on any atom is 0.167 e. The maximum atomic E-state index is 11.8. The number of hydrogen-bond acceptors (Lipinski definition) is 3. The quantitative estimate of drug-likeness (QED) is 0.467. The molecule has 0 aliphatic heterocycles. The maximum absolute atomic E-state index is 11.8. The normalized spacial score (nSPS) is 11.4. The van der Waals surface area contributed by atoms with Crippen LogP contribution in [0.2, 0.25) is 0 Å². The minimum absolute atomic E-state index is 0.0314. The minimum Gasteiger partial charge on any atom is -0.496 e. The molecule has 0 N–H and O–H groups in total. The van der Waals surface area contributed by atoms with E-state index in [1.54, 1.807) is 14.2 Å². The first-order valence-corrected chi connectivity index (χ1v) is 8.14. The third kappa shape index (κ3) is 4.49. The number of carbonyl (C=O) groups is 1. The average Bonchev–Trinajstić information content (AvgIpc) is 2.49. The van der Waals surface area contributed by atoms with Gasteiger partial charge in [0.25, 0.3) is 0 Å². The van der Waals surface area contributed by atoms with Crippen LogP contribution in [0.4, 0.5) is 0 Å². The molecule has 0 aromatic heterocycles. The predicted molar refractivity (Wildman–Crippen MR) is 91.3 cm³/mol. The zero-order chi connectivity index (χ0) is 16.8. The van der Waals surface area contributed by atoms with E-state index in [0.29, 0.717) is 17.1 Å². The van der Waals surface area contributed by atoms with Crippen LogP contribution in [0.5, 0.6) is 11.5 Å². The number of unbranched alkanes of at least 4 members (excludes halogenated alkanes) is 3. The van der Waals surface area contributed by atoms with Crippen molar-refractivity contribution < 1.29 is 14.3 Å². The lowest BCUT2D eigenvalue weighted by Crippen LogP contribution is -2.18.